The Morgan fingerprint density at radius 3 is 2.31 bits per heavy atom. The van der Waals surface area contributed by atoms with E-state index < -0.39 is 5.60 Å². The summed E-state index contributed by atoms with van der Waals surface area (Å²) in [6, 6.07) is 9.78. The lowest BCUT2D eigenvalue weighted by Gasteiger charge is -2.28. The number of nitrogens with two attached hydrogens (primary N) is 1. The largest absolute Gasteiger partial charge is 0.385 e. The van der Waals surface area contributed by atoms with Crippen LogP contribution in [0.5, 0.6) is 0 Å². The SMILES string of the molecule is CC(C)CC(N)CC(C)(O)c1ccccc1. The van der Waals surface area contributed by atoms with E-state index in [0.717, 1.165) is 12.0 Å². The van der Waals surface area contributed by atoms with Gasteiger partial charge < -0.3 is 10.8 Å². The van der Waals surface area contributed by atoms with E-state index in [1.165, 1.54) is 0 Å². The van der Waals surface area contributed by atoms with Crippen molar-refractivity contribution >= 4 is 0 Å². The van der Waals surface area contributed by atoms with E-state index >= 15 is 0 Å². The molecule has 2 nitrogen and oxygen atoms in total. The second kappa shape index (κ2) is 5.46. The number of benzene rings is 1. The van der Waals surface area contributed by atoms with Gasteiger partial charge in [-0.2, -0.15) is 0 Å². The molecule has 2 heteroatoms. The van der Waals surface area contributed by atoms with Gasteiger partial charge in [0.1, 0.15) is 0 Å². The van der Waals surface area contributed by atoms with E-state index in [1.807, 2.05) is 37.3 Å². The normalized spacial score (nSPS) is 17.1. The molecule has 1 aromatic carbocycles. The van der Waals surface area contributed by atoms with Crippen LogP contribution in [-0.4, -0.2) is 11.1 Å². The van der Waals surface area contributed by atoms with Crippen molar-refractivity contribution in [3.8, 4) is 0 Å². The van der Waals surface area contributed by atoms with E-state index in [9.17, 15) is 5.11 Å². The third-order valence-electron chi connectivity index (χ3n) is 2.83. The predicted octanol–water partition coefficient (Wildman–Crippen LogP) is 2.66. The van der Waals surface area contributed by atoms with Crippen LogP contribution in [0.2, 0.25) is 0 Å². The Morgan fingerprint density at radius 1 is 1.25 bits per heavy atom. The van der Waals surface area contributed by atoms with Crippen LogP contribution < -0.4 is 5.73 Å². The summed E-state index contributed by atoms with van der Waals surface area (Å²) in [5.74, 6) is 0.571. The molecule has 0 heterocycles. The maximum absolute atomic E-state index is 10.4. The lowest BCUT2D eigenvalue weighted by molar-refractivity contribution is 0.0386. The molecule has 2 atom stereocenters. The molecule has 1 rings (SSSR count). The number of hydrogen-bond acceptors (Lipinski definition) is 2. The highest BCUT2D eigenvalue weighted by Gasteiger charge is 2.25. The summed E-state index contributed by atoms with van der Waals surface area (Å²) in [5.41, 5.74) is 6.15. The summed E-state index contributed by atoms with van der Waals surface area (Å²) in [6.45, 7) is 6.14. The molecule has 3 N–H and O–H groups in total. The zero-order valence-electron chi connectivity index (χ0n) is 10.5. The molecule has 0 saturated heterocycles. The van der Waals surface area contributed by atoms with Crippen molar-refractivity contribution in [3.63, 3.8) is 0 Å². The Kier molecular flexibility index (Phi) is 4.51. The van der Waals surface area contributed by atoms with Gasteiger partial charge in [-0.3, -0.25) is 0 Å². The third-order valence-corrected chi connectivity index (χ3v) is 2.83. The summed E-state index contributed by atoms with van der Waals surface area (Å²) >= 11 is 0. The van der Waals surface area contributed by atoms with Gasteiger partial charge in [-0.25, -0.2) is 0 Å². The predicted molar refractivity (Wildman–Crippen MR) is 68.1 cm³/mol. The Hall–Kier alpha value is -0.860. The zero-order chi connectivity index (χ0) is 12.2. The van der Waals surface area contributed by atoms with Crippen LogP contribution in [0.25, 0.3) is 0 Å². The average molecular weight is 221 g/mol. The van der Waals surface area contributed by atoms with Gasteiger partial charge in [0.05, 0.1) is 5.60 Å². The Labute approximate surface area is 98.5 Å². The van der Waals surface area contributed by atoms with E-state index in [4.69, 9.17) is 5.73 Å². The average Bonchev–Trinajstić information content (AvgIpc) is 2.16. The van der Waals surface area contributed by atoms with Crippen molar-refractivity contribution < 1.29 is 5.11 Å². The van der Waals surface area contributed by atoms with E-state index in [1.54, 1.807) is 0 Å². The topological polar surface area (TPSA) is 46.2 Å². The molecule has 0 fully saturated rings. The van der Waals surface area contributed by atoms with E-state index in [2.05, 4.69) is 13.8 Å². The van der Waals surface area contributed by atoms with Crippen LogP contribution in [0.1, 0.15) is 39.2 Å². The second-order valence-electron chi connectivity index (χ2n) is 5.23. The van der Waals surface area contributed by atoms with Crippen LogP contribution in [0.3, 0.4) is 0 Å². The van der Waals surface area contributed by atoms with Gasteiger partial charge in [-0.15, -0.1) is 0 Å². The highest BCUT2D eigenvalue weighted by Crippen LogP contribution is 2.26. The van der Waals surface area contributed by atoms with Gasteiger partial charge in [-0.1, -0.05) is 44.2 Å². The highest BCUT2D eigenvalue weighted by atomic mass is 16.3. The molecule has 0 radical (unpaired) electrons. The minimum absolute atomic E-state index is 0.0511. The smallest absolute Gasteiger partial charge is 0.0883 e. The van der Waals surface area contributed by atoms with Crippen molar-refractivity contribution in [2.75, 3.05) is 0 Å². The molecular weight excluding hydrogens is 198 g/mol. The van der Waals surface area contributed by atoms with Crippen molar-refractivity contribution in [1.29, 1.82) is 0 Å². The molecule has 2 unspecified atom stereocenters. The van der Waals surface area contributed by atoms with Gasteiger partial charge in [0.25, 0.3) is 0 Å². The second-order valence-corrected chi connectivity index (χ2v) is 5.23. The van der Waals surface area contributed by atoms with Crippen molar-refractivity contribution in [3.05, 3.63) is 35.9 Å². The van der Waals surface area contributed by atoms with Crippen LogP contribution in [0.4, 0.5) is 0 Å². The number of rotatable bonds is 5. The highest BCUT2D eigenvalue weighted by molar-refractivity contribution is 5.21. The van der Waals surface area contributed by atoms with Crippen molar-refractivity contribution in [2.45, 2.75) is 45.3 Å². The molecule has 0 aromatic heterocycles. The lowest BCUT2D eigenvalue weighted by atomic mass is 9.87. The third kappa shape index (κ3) is 3.95. The maximum atomic E-state index is 10.4. The Balaban J connectivity index is 2.65. The molecule has 16 heavy (non-hydrogen) atoms. The maximum Gasteiger partial charge on any atom is 0.0883 e. The number of hydrogen-bond donors (Lipinski definition) is 2. The molecule has 1 aromatic rings. The summed E-state index contributed by atoms with van der Waals surface area (Å²) in [4.78, 5) is 0. The van der Waals surface area contributed by atoms with Gasteiger partial charge in [0.2, 0.25) is 0 Å². The zero-order valence-corrected chi connectivity index (χ0v) is 10.5. The van der Waals surface area contributed by atoms with Crippen molar-refractivity contribution in [2.24, 2.45) is 11.7 Å². The lowest BCUT2D eigenvalue weighted by Crippen LogP contribution is -2.33. The minimum atomic E-state index is -0.824. The van der Waals surface area contributed by atoms with Crippen molar-refractivity contribution in [1.82, 2.24) is 0 Å². The first-order chi connectivity index (χ1) is 7.42. The quantitative estimate of drug-likeness (QED) is 0.803. The van der Waals surface area contributed by atoms with E-state index in [-0.39, 0.29) is 6.04 Å². The summed E-state index contributed by atoms with van der Waals surface area (Å²) in [7, 11) is 0. The summed E-state index contributed by atoms with van der Waals surface area (Å²) in [5, 5.41) is 10.4. The number of aliphatic hydroxyl groups is 1. The first kappa shape index (κ1) is 13.2. The van der Waals surface area contributed by atoms with Gasteiger partial charge in [0.15, 0.2) is 0 Å². The molecule has 0 amide bonds. The standard InChI is InChI=1S/C14H23NO/c1-11(2)9-13(15)10-14(3,16)12-7-5-4-6-8-12/h4-8,11,13,16H,9-10,15H2,1-3H3. The molecular formula is C14H23NO. The van der Waals surface area contributed by atoms with Crippen LogP contribution in [0.15, 0.2) is 30.3 Å². The molecule has 0 aliphatic heterocycles. The molecule has 0 saturated carbocycles. The summed E-state index contributed by atoms with van der Waals surface area (Å²) in [6.07, 6.45) is 1.55. The molecule has 0 aliphatic rings. The first-order valence-corrected chi connectivity index (χ1v) is 5.95. The Morgan fingerprint density at radius 2 is 1.81 bits per heavy atom. The fourth-order valence-electron chi connectivity index (χ4n) is 2.11. The monoisotopic (exact) mass is 221 g/mol. The van der Waals surface area contributed by atoms with Gasteiger partial charge in [-0.05, 0) is 31.2 Å². The van der Waals surface area contributed by atoms with Crippen LogP contribution in [-0.2, 0) is 5.60 Å². The van der Waals surface area contributed by atoms with Gasteiger partial charge >= 0.3 is 0 Å². The minimum Gasteiger partial charge on any atom is -0.385 e. The molecule has 0 bridgehead atoms. The first-order valence-electron chi connectivity index (χ1n) is 5.95. The van der Waals surface area contributed by atoms with Crippen LogP contribution in [0, 0.1) is 5.92 Å². The molecule has 90 valence electrons. The fourth-order valence-corrected chi connectivity index (χ4v) is 2.11. The van der Waals surface area contributed by atoms with Gasteiger partial charge in [0, 0.05) is 6.04 Å². The van der Waals surface area contributed by atoms with E-state index in [0.29, 0.717) is 12.3 Å². The van der Waals surface area contributed by atoms with Crippen LogP contribution >= 0.6 is 0 Å². The summed E-state index contributed by atoms with van der Waals surface area (Å²) < 4.78 is 0. The molecule has 0 aliphatic carbocycles. The Bertz CT molecular complexity index is 306. The fraction of sp³-hybridized carbons (Fsp3) is 0.571. The molecule has 0 spiro atoms.